The molecular weight excluding hydrogens is 262 g/mol. The lowest BCUT2D eigenvalue weighted by Gasteiger charge is -2.10. The Morgan fingerprint density at radius 1 is 1.41 bits per heavy atom. The minimum atomic E-state index is -2.93. The molecule has 0 saturated carbocycles. The molecule has 0 bridgehead atoms. The van der Waals surface area contributed by atoms with E-state index < -0.39 is 9.84 Å². The summed E-state index contributed by atoms with van der Waals surface area (Å²) in [5, 5.41) is 0.605. The number of nitrogens with two attached hydrogens (primary N) is 1. The van der Waals surface area contributed by atoms with E-state index in [1.807, 2.05) is 0 Å². The quantitative estimate of drug-likeness (QED) is 0.802. The van der Waals surface area contributed by atoms with Crippen molar-refractivity contribution in [1.29, 1.82) is 0 Å². The van der Waals surface area contributed by atoms with Crippen LogP contribution in [-0.2, 0) is 16.4 Å². The zero-order valence-corrected chi connectivity index (χ0v) is 11.2. The second kappa shape index (κ2) is 6.23. The summed E-state index contributed by atoms with van der Waals surface area (Å²) in [5.41, 5.74) is 6.38. The highest BCUT2D eigenvalue weighted by Crippen LogP contribution is 2.22. The number of halogens is 1. The molecule has 1 aromatic rings. The topological polar surface area (TPSA) is 69.4 Å². The van der Waals surface area contributed by atoms with Crippen LogP contribution in [0.5, 0.6) is 5.75 Å². The van der Waals surface area contributed by atoms with Crippen LogP contribution in [0.4, 0.5) is 0 Å². The van der Waals surface area contributed by atoms with E-state index in [9.17, 15) is 8.42 Å². The van der Waals surface area contributed by atoms with Crippen molar-refractivity contribution in [2.75, 3.05) is 18.6 Å². The third-order valence-corrected chi connectivity index (χ3v) is 3.42. The van der Waals surface area contributed by atoms with Gasteiger partial charge in [0, 0.05) is 23.4 Å². The molecule has 1 rings (SSSR count). The molecule has 0 amide bonds. The van der Waals surface area contributed by atoms with E-state index in [1.54, 1.807) is 18.2 Å². The van der Waals surface area contributed by atoms with Crippen LogP contribution in [-0.4, -0.2) is 27.0 Å². The lowest BCUT2D eigenvalue weighted by atomic mass is 10.2. The van der Waals surface area contributed by atoms with E-state index in [4.69, 9.17) is 22.1 Å². The minimum absolute atomic E-state index is 0.124. The molecule has 96 valence electrons. The smallest absolute Gasteiger partial charge is 0.147 e. The van der Waals surface area contributed by atoms with Gasteiger partial charge in [-0.15, -0.1) is 0 Å². The highest BCUT2D eigenvalue weighted by Gasteiger charge is 2.05. The molecule has 0 radical (unpaired) electrons. The van der Waals surface area contributed by atoms with Gasteiger partial charge in [0.2, 0.25) is 0 Å². The largest absolute Gasteiger partial charge is 0.493 e. The average molecular weight is 278 g/mol. The van der Waals surface area contributed by atoms with Gasteiger partial charge in [0.25, 0.3) is 0 Å². The summed E-state index contributed by atoms with van der Waals surface area (Å²) < 4.78 is 27.3. The molecular formula is C11H16ClNO3S. The van der Waals surface area contributed by atoms with Gasteiger partial charge in [-0.25, -0.2) is 8.42 Å². The minimum Gasteiger partial charge on any atom is -0.493 e. The normalized spacial score (nSPS) is 11.5. The molecule has 0 atom stereocenters. The second-order valence-electron chi connectivity index (χ2n) is 3.79. The van der Waals surface area contributed by atoms with E-state index in [-0.39, 0.29) is 5.75 Å². The number of benzene rings is 1. The lowest BCUT2D eigenvalue weighted by molar-refractivity contribution is 0.314. The van der Waals surface area contributed by atoms with Crippen molar-refractivity contribution in [2.24, 2.45) is 5.73 Å². The van der Waals surface area contributed by atoms with Crippen LogP contribution in [0.15, 0.2) is 18.2 Å². The average Bonchev–Trinajstić information content (AvgIpc) is 2.24. The molecule has 0 aliphatic rings. The van der Waals surface area contributed by atoms with Crippen molar-refractivity contribution in [3.63, 3.8) is 0 Å². The molecule has 0 fully saturated rings. The Bertz CT molecular complexity index is 474. The van der Waals surface area contributed by atoms with Crippen LogP contribution < -0.4 is 10.5 Å². The van der Waals surface area contributed by atoms with E-state index in [2.05, 4.69) is 0 Å². The standard InChI is InChI=1S/C11H16ClNO3S/c1-17(14,15)6-2-5-16-11-4-3-10(12)7-9(11)8-13/h3-4,7H,2,5-6,8,13H2,1H3. The first-order valence-electron chi connectivity index (χ1n) is 5.21. The SMILES string of the molecule is CS(=O)(=O)CCCOc1ccc(Cl)cc1CN. The fourth-order valence-electron chi connectivity index (χ4n) is 1.35. The van der Waals surface area contributed by atoms with Crippen molar-refractivity contribution in [3.8, 4) is 5.75 Å². The summed E-state index contributed by atoms with van der Waals surface area (Å²) in [6, 6.07) is 5.20. The Hall–Kier alpha value is -0.780. The summed E-state index contributed by atoms with van der Waals surface area (Å²) in [4.78, 5) is 0. The van der Waals surface area contributed by atoms with Crippen molar-refractivity contribution in [2.45, 2.75) is 13.0 Å². The fourth-order valence-corrected chi connectivity index (χ4v) is 2.19. The molecule has 6 heteroatoms. The maximum atomic E-state index is 10.9. The van der Waals surface area contributed by atoms with E-state index in [1.165, 1.54) is 6.26 Å². The van der Waals surface area contributed by atoms with Crippen molar-refractivity contribution < 1.29 is 13.2 Å². The van der Waals surface area contributed by atoms with Gasteiger partial charge in [0.1, 0.15) is 15.6 Å². The van der Waals surface area contributed by atoms with Gasteiger partial charge in [-0.3, -0.25) is 0 Å². The maximum Gasteiger partial charge on any atom is 0.147 e. The van der Waals surface area contributed by atoms with Crippen LogP contribution in [0.25, 0.3) is 0 Å². The number of sulfone groups is 1. The van der Waals surface area contributed by atoms with Gasteiger partial charge < -0.3 is 10.5 Å². The Morgan fingerprint density at radius 3 is 2.71 bits per heavy atom. The second-order valence-corrected chi connectivity index (χ2v) is 6.48. The van der Waals surface area contributed by atoms with Crippen LogP contribution >= 0.6 is 11.6 Å². The molecule has 17 heavy (non-hydrogen) atoms. The molecule has 0 aromatic heterocycles. The Kier molecular flexibility index (Phi) is 5.24. The Labute approximate surface area is 107 Å². The first-order chi connectivity index (χ1) is 7.92. The Balaban J connectivity index is 2.52. The lowest BCUT2D eigenvalue weighted by Crippen LogP contribution is -2.09. The van der Waals surface area contributed by atoms with Crippen LogP contribution in [0, 0.1) is 0 Å². The van der Waals surface area contributed by atoms with Crippen molar-refractivity contribution in [3.05, 3.63) is 28.8 Å². The molecule has 0 heterocycles. The molecule has 0 unspecified atom stereocenters. The number of hydrogen-bond acceptors (Lipinski definition) is 4. The van der Waals surface area contributed by atoms with Gasteiger partial charge in [-0.2, -0.15) is 0 Å². The summed E-state index contributed by atoms with van der Waals surface area (Å²) in [6.45, 7) is 0.684. The Morgan fingerprint density at radius 2 is 2.12 bits per heavy atom. The molecule has 0 aliphatic carbocycles. The maximum absolute atomic E-state index is 10.9. The molecule has 1 aromatic carbocycles. The summed E-state index contributed by atoms with van der Waals surface area (Å²) in [5.74, 6) is 0.781. The van der Waals surface area contributed by atoms with E-state index in [0.717, 1.165) is 5.56 Å². The summed E-state index contributed by atoms with van der Waals surface area (Å²) in [6.07, 6.45) is 1.67. The molecule has 0 saturated heterocycles. The first-order valence-corrected chi connectivity index (χ1v) is 7.65. The van der Waals surface area contributed by atoms with Gasteiger partial charge in [-0.1, -0.05) is 11.6 Å². The van der Waals surface area contributed by atoms with E-state index in [0.29, 0.717) is 30.3 Å². The summed E-state index contributed by atoms with van der Waals surface area (Å²) in [7, 11) is -2.93. The monoisotopic (exact) mass is 277 g/mol. The number of ether oxygens (including phenoxy) is 1. The molecule has 0 spiro atoms. The van der Waals surface area contributed by atoms with Crippen molar-refractivity contribution >= 4 is 21.4 Å². The van der Waals surface area contributed by atoms with Crippen LogP contribution in [0.3, 0.4) is 0 Å². The zero-order chi connectivity index (χ0) is 12.9. The van der Waals surface area contributed by atoms with Gasteiger partial charge in [0.15, 0.2) is 0 Å². The predicted octanol–water partition coefficient (Wildman–Crippen LogP) is 1.61. The third kappa shape index (κ3) is 5.39. The fraction of sp³-hybridized carbons (Fsp3) is 0.455. The highest BCUT2D eigenvalue weighted by atomic mass is 35.5. The van der Waals surface area contributed by atoms with Gasteiger partial charge in [0.05, 0.1) is 12.4 Å². The first kappa shape index (κ1) is 14.3. The van der Waals surface area contributed by atoms with Gasteiger partial charge >= 0.3 is 0 Å². The predicted molar refractivity (Wildman–Crippen MR) is 69.2 cm³/mol. The van der Waals surface area contributed by atoms with Crippen LogP contribution in [0.1, 0.15) is 12.0 Å². The number of rotatable bonds is 6. The van der Waals surface area contributed by atoms with Gasteiger partial charge in [-0.05, 0) is 24.6 Å². The van der Waals surface area contributed by atoms with E-state index >= 15 is 0 Å². The molecule has 4 nitrogen and oxygen atoms in total. The van der Waals surface area contributed by atoms with Crippen molar-refractivity contribution in [1.82, 2.24) is 0 Å². The van der Waals surface area contributed by atoms with Crippen LogP contribution in [0.2, 0.25) is 5.02 Å². The highest BCUT2D eigenvalue weighted by molar-refractivity contribution is 7.90. The molecule has 2 N–H and O–H groups in total. The number of hydrogen-bond donors (Lipinski definition) is 1. The zero-order valence-electron chi connectivity index (χ0n) is 9.65. The summed E-state index contributed by atoms with van der Waals surface area (Å²) >= 11 is 5.83. The third-order valence-electron chi connectivity index (χ3n) is 2.16. The molecule has 0 aliphatic heterocycles.